The van der Waals surface area contributed by atoms with Crippen molar-refractivity contribution in [3.63, 3.8) is 0 Å². The van der Waals surface area contributed by atoms with Crippen LogP contribution in [0.1, 0.15) is 16.8 Å². The zero-order valence-electron chi connectivity index (χ0n) is 13.4. The molecule has 0 radical (unpaired) electrons. The van der Waals surface area contributed by atoms with E-state index in [2.05, 4.69) is 14.9 Å². The number of para-hydroxylation sites is 2. The summed E-state index contributed by atoms with van der Waals surface area (Å²) in [5.74, 6) is -0.112. The van der Waals surface area contributed by atoms with Crippen molar-refractivity contribution in [3.05, 3.63) is 60.4 Å². The average Bonchev–Trinajstić information content (AvgIpc) is 3.02. The lowest BCUT2D eigenvalue weighted by Gasteiger charge is -2.07. The first kappa shape index (κ1) is 16.4. The summed E-state index contributed by atoms with van der Waals surface area (Å²) in [5.41, 5.74) is 2.67. The number of rotatable bonds is 6. The standard InChI is InChI=1S/C18H19N3O2S/c1-24(23)15-9-7-14(8-10-15)18(22)19-11-4-12-21-13-20-16-5-2-3-6-17(16)21/h2-3,5-10,13H,4,11-12H2,1H3,(H,19,22). The van der Waals surface area contributed by atoms with E-state index in [-0.39, 0.29) is 5.91 Å². The molecule has 1 heterocycles. The van der Waals surface area contributed by atoms with E-state index in [1.54, 1.807) is 30.5 Å². The number of carbonyl (C=O) groups excluding carboxylic acids is 1. The number of aryl methyl sites for hydroxylation is 1. The molecule has 0 aliphatic heterocycles. The third-order valence-corrected chi connectivity index (χ3v) is 4.77. The van der Waals surface area contributed by atoms with Gasteiger partial charge in [0.2, 0.25) is 0 Å². The summed E-state index contributed by atoms with van der Waals surface area (Å²) in [7, 11) is -1.03. The maximum absolute atomic E-state index is 12.1. The minimum absolute atomic E-state index is 0.112. The van der Waals surface area contributed by atoms with E-state index in [1.807, 2.05) is 30.6 Å². The highest BCUT2D eigenvalue weighted by atomic mass is 32.2. The van der Waals surface area contributed by atoms with Crippen LogP contribution in [0.25, 0.3) is 11.0 Å². The number of nitrogens with zero attached hydrogens (tertiary/aromatic N) is 2. The van der Waals surface area contributed by atoms with E-state index >= 15 is 0 Å². The molecule has 1 unspecified atom stereocenters. The third kappa shape index (κ3) is 3.71. The Morgan fingerprint density at radius 2 is 1.92 bits per heavy atom. The predicted octanol–water partition coefficient (Wildman–Crippen LogP) is 2.59. The Kier molecular flexibility index (Phi) is 5.05. The number of fused-ring (bicyclic) bond motifs is 1. The number of amides is 1. The van der Waals surface area contributed by atoms with Gasteiger partial charge < -0.3 is 9.88 Å². The Balaban J connectivity index is 1.51. The predicted molar refractivity (Wildman–Crippen MR) is 95.5 cm³/mol. The molecule has 0 saturated heterocycles. The first-order chi connectivity index (χ1) is 11.6. The molecular formula is C18H19N3O2S. The van der Waals surface area contributed by atoms with Crippen LogP contribution >= 0.6 is 0 Å². The van der Waals surface area contributed by atoms with Crippen molar-refractivity contribution in [2.75, 3.05) is 12.8 Å². The van der Waals surface area contributed by atoms with Crippen molar-refractivity contribution < 1.29 is 9.00 Å². The third-order valence-electron chi connectivity index (χ3n) is 3.84. The number of nitrogens with one attached hydrogen (secondary N) is 1. The van der Waals surface area contributed by atoms with Gasteiger partial charge in [0, 0.05) is 40.6 Å². The van der Waals surface area contributed by atoms with Gasteiger partial charge in [-0.1, -0.05) is 12.1 Å². The van der Waals surface area contributed by atoms with Gasteiger partial charge in [-0.2, -0.15) is 0 Å². The summed E-state index contributed by atoms with van der Waals surface area (Å²) in [4.78, 5) is 17.2. The van der Waals surface area contributed by atoms with Crippen LogP contribution in [0.4, 0.5) is 0 Å². The van der Waals surface area contributed by atoms with Gasteiger partial charge in [0.15, 0.2) is 0 Å². The van der Waals surface area contributed by atoms with Crippen LogP contribution in [0.5, 0.6) is 0 Å². The number of imidazole rings is 1. The van der Waals surface area contributed by atoms with Gasteiger partial charge in [0.25, 0.3) is 5.91 Å². The van der Waals surface area contributed by atoms with Crippen molar-refractivity contribution in [1.29, 1.82) is 0 Å². The van der Waals surface area contributed by atoms with Gasteiger partial charge in [-0.25, -0.2) is 4.98 Å². The van der Waals surface area contributed by atoms with Gasteiger partial charge in [0.1, 0.15) is 0 Å². The number of carbonyl (C=O) groups is 1. The van der Waals surface area contributed by atoms with Crippen LogP contribution in [0.3, 0.4) is 0 Å². The van der Waals surface area contributed by atoms with Crippen LogP contribution in [-0.4, -0.2) is 32.5 Å². The monoisotopic (exact) mass is 341 g/mol. The minimum atomic E-state index is -1.03. The van der Waals surface area contributed by atoms with E-state index in [9.17, 15) is 9.00 Å². The summed E-state index contributed by atoms with van der Waals surface area (Å²) in [6, 6.07) is 14.9. The highest BCUT2D eigenvalue weighted by Gasteiger charge is 2.06. The van der Waals surface area contributed by atoms with Crippen molar-refractivity contribution in [2.45, 2.75) is 17.9 Å². The molecule has 0 aliphatic rings. The molecule has 3 rings (SSSR count). The Morgan fingerprint density at radius 3 is 2.67 bits per heavy atom. The smallest absolute Gasteiger partial charge is 0.251 e. The molecule has 1 amide bonds. The number of benzene rings is 2. The van der Waals surface area contributed by atoms with E-state index in [0.717, 1.165) is 28.9 Å². The molecular weight excluding hydrogens is 322 g/mol. The van der Waals surface area contributed by atoms with E-state index in [1.165, 1.54) is 0 Å². The lowest BCUT2D eigenvalue weighted by atomic mass is 10.2. The van der Waals surface area contributed by atoms with Crippen LogP contribution in [0, 0.1) is 0 Å². The van der Waals surface area contributed by atoms with Gasteiger partial charge in [0.05, 0.1) is 17.4 Å². The minimum Gasteiger partial charge on any atom is -0.352 e. The number of aromatic nitrogens is 2. The van der Waals surface area contributed by atoms with Crippen molar-refractivity contribution in [2.24, 2.45) is 0 Å². The van der Waals surface area contributed by atoms with Crippen molar-refractivity contribution in [3.8, 4) is 0 Å². The maximum atomic E-state index is 12.1. The average molecular weight is 341 g/mol. The summed E-state index contributed by atoms with van der Waals surface area (Å²) < 4.78 is 13.4. The Labute approximate surface area is 143 Å². The molecule has 6 heteroatoms. The van der Waals surface area contributed by atoms with Crippen LogP contribution in [0.15, 0.2) is 59.8 Å². The van der Waals surface area contributed by atoms with E-state index in [4.69, 9.17) is 0 Å². The zero-order valence-corrected chi connectivity index (χ0v) is 14.3. The molecule has 1 atom stereocenters. The van der Waals surface area contributed by atoms with Crippen LogP contribution in [0.2, 0.25) is 0 Å². The van der Waals surface area contributed by atoms with E-state index < -0.39 is 10.8 Å². The molecule has 1 N–H and O–H groups in total. The molecule has 24 heavy (non-hydrogen) atoms. The Morgan fingerprint density at radius 1 is 1.17 bits per heavy atom. The fourth-order valence-corrected chi connectivity index (χ4v) is 3.06. The highest BCUT2D eigenvalue weighted by molar-refractivity contribution is 7.84. The molecule has 0 bridgehead atoms. The largest absolute Gasteiger partial charge is 0.352 e. The number of hydrogen-bond acceptors (Lipinski definition) is 3. The summed E-state index contributed by atoms with van der Waals surface area (Å²) >= 11 is 0. The molecule has 1 aromatic heterocycles. The molecule has 3 aromatic rings. The summed E-state index contributed by atoms with van der Waals surface area (Å²) in [6.07, 6.45) is 4.27. The molecule has 0 spiro atoms. The van der Waals surface area contributed by atoms with Crippen molar-refractivity contribution in [1.82, 2.24) is 14.9 Å². The molecule has 124 valence electrons. The second-order valence-corrected chi connectivity index (χ2v) is 6.89. The van der Waals surface area contributed by atoms with Crippen molar-refractivity contribution >= 4 is 27.7 Å². The van der Waals surface area contributed by atoms with Crippen LogP contribution in [-0.2, 0) is 17.3 Å². The van der Waals surface area contributed by atoms with Gasteiger partial charge in [-0.05, 0) is 42.8 Å². The normalized spacial score (nSPS) is 12.2. The quantitative estimate of drug-likeness (QED) is 0.701. The number of hydrogen-bond donors (Lipinski definition) is 1. The van der Waals surface area contributed by atoms with Gasteiger partial charge in [-0.15, -0.1) is 0 Å². The first-order valence-corrected chi connectivity index (χ1v) is 9.32. The molecule has 2 aromatic carbocycles. The first-order valence-electron chi connectivity index (χ1n) is 7.77. The highest BCUT2D eigenvalue weighted by Crippen LogP contribution is 2.12. The van der Waals surface area contributed by atoms with Gasteiger partial charge >= 0.3 is 0 Å². The molecule has 5 nitrogen and oxygen atoms in total. The topological polar surface area (TPSA) is 64.0 Å². The lowest BCUT2D eigenvalue weighted by molar-refractivity contribution is 0.0952. The fraction of sp³-hybridized carbons (Fsp3) is 0.222. The summed E-state index contributed by atoms with van der Waals surface area (Å²) in [6.45, 7) is 1.39. The zero-order chi connectivity index (χ0) is 16.9. The van der Waals surface area contributed by atoms with Crippen LogP contribution < -0.4 is 5.32 Å². The Hall–Kier alpha value is -2.47. The van der Waals surface area contributed by atoms with E-state index in [0.29, 0.717) is 12.1 Å². The maximum Gasteiger partial charge on any atom is 0.251 e. The molecule has 0 saturated carbocycles. The second kappa shape index (κ2) is 7.40. The SMILES string of the molecule is CS(=O)c1ccc(C(=O)NCCCn2cnc3ccccc32)cc1. The summed E-state index contributed by atoms with van der Waals surface area (Å²) in [5, 5.41) is 2.91. The lowest BCUT2D eigenvalue weighted by Crippen LogP contribution is -2.25. The van der Waals surface area contributed by atoms with Gasteiger partial charge in [-0.3, -0.25) is 9.00 Å². The Bertz CT molecular complexity index is 871. The molecule has 0 fully saturated rings. The second-order valence-electron chi connectivity index (χ2n) is 5.51. The molecule has 0 aliphatic carbocycles. The fourth-order valence-electron chi connectivity index (χ4n) is 2.54.